The summed E-state index contributed by atoms with van der Waals surface area (Å²) < 4.78 is 0.756. The molecular weight excluding hydrogens is 354 g/mol. The molecule has 2 aromatic carbocycles. The number of rotatable bonds is 2. The summed E-state index contributed by atoms with van der Waals surface area (Å²) in [6.07, 6.45) is 0.465. The fourth-order valence-electron chi connectivity index (χ4n) is 2.45. The quantitative estimate of drug-likeness (QED) is 0.842. The van der Waals surface area contributed by atoms with Crippen LogP contribution in [0, 0.1) is 0 Å². The van der Waals surface area contributed by atoms with Gasteiger partial charge in [0.05, 0.1) is 5.02 Å². The van der Waals surface area contributed by atoms with Gasteiger partial charge in [0.2, 0.25) is 5.91 Å². The number of carbonyl (C=O) groups excluding carboxylic acids is 1. The topological polar surface area (TPSA) is 49.3 Å². The molecule has 0 aliphatic carbocycles. The number of amides is 1. The Bertz CT molecular complexity index is 717. The molecule has 5 heteroatoms. The Hall–Kier alpha value is -1.36. The number of anilines is 1. The number of aryl methyl sites for hydroxylation is 1. The minimum absolute atomic E-state index is 0.0393. The minimum atomic E-state index is -0.721. The molecule has 21 heavy (non-hydrogen) atoms. The standard InChI is InChI=1S/C16H13BrClNO2/c17-12-8-11(1-4-13(12)18)16(21)10-2-5-14-9(7-10)3-6-15(20)19-14/h1-2,4-5,7-8,16,21H,3,6H2,(H,19,20). The molecule has 1 amide bonds. The van der Waals surface area contributed by atoms with E-state index in [0.29, 0.717) is 17.9 Å². The van der Waals surface area contributed by atoms with Gasteiger partial charge >= 0.3 is 0 Å². The molecule has 0 bridgehead atoms. The number of hydrogen-bond donors (Lipinski definition) is 2. The lowest BCUT2D eigenvalue weighted by molar-refractivity contribution is -0.116. The van der Waals surface area contributed by atoms with Gasteiger partial charge in [0.15, 0.2) is 0 Å². The van der Waals surface area contributed by atoms with Crippen molar-refractivity contribution in [2.24, 2.45) is 0 Å². The summed E-state index contributed by atoms with van der Waals surface area (Å²) in [4.78, 5) is 11.4. The van der Waals surface area contributed by atoms with Crippen molar-refractivity contribution in [2.75, 3.05) is 5.32 Å². The van der Waals surface area contributed by atoms with Crippen LogP contribution in [0.2, 0.25) is 5.02 Å². The van der Waals surface area contributed by atoms with Crippen LogP contribution in [-0.2, 0) is 11.2 Å². The first-order valence-corrected chi connectivity index (χ1v) is 7.77. The van der Waals surface area contributed by atoms with Crippen molar-refractivity contribution in [1.82, 2.24) is 0 Å². The Morgan fingerprint density at radius 3 is 2.62 bits per heavy atom. The van der Waals surface area contributed by atoms with Crippen LogP contribution in [0.5, 0.6) is 0 Å². The number of hydrogen-bond acceptors (Lipinski definition) is 2. The molecule has 0 spiro atoms. The van der Waals surface area contributed by atoms with E-state index in [1.165, 1.54) is 0 Å². The molecule has 1 unspecified atom stereocenters. The van der Waals surface area contributed by atoms with E-state index in [-0.39, 0.29) is 5.91 Å². The molecule has 0 saturated heterocycles. The largest absolute Gasteiger partial charge is 0.384 e. The molecular formula is C16H13BrClNO2. The van der Waals surface area contributed by atoms with Gasteiger partial charge in [-0.05, 0) is 57.2 Å². The second kappa shape index (κ2) is 5.79. The summed E-state index contributed by atoms with van der Waals surface area (Å²) >= 11 is 9.33. The molecule has 0 radical (unpaired) electrons. The first-order valence-electron chi connectivity index (χ1n) is 6.60. The van der Waals surface area contributed by atoms with Crippen molar-refractivity contribution >= 4 is 39.1 Å². The van der Waals surface area contributed by atoms with Crippen molar-refractivity contribution < 1.29 is 9.90 Å². The molecule has 0 aromatic heterocycles. The van der Waals surface area contributed by atoms with Gasteiger partial charge < -0.3 is 10.4 Å². The van der Waals surface area contributed by atoms with Gasteiger partial charge in [-0.3, -0.25) is 4.79 Å². The zero-order valence-electron chi connectivity index (χ0n) is 11.1. The molecule has 2 N–H and O–H groups in total. The lowest BCUT2D eigenvalue weighted by Crippen LogP contribution is -2.19. The van der Waals surface area contributed by atoms with Crippen LogP contribution in [0.15, 0.2) is 40.9 Å². The molecule has 108 valence electrons. The Kier molecular flexibility index (Phi) is 4.02. The molecule has 0 fully saturated rings. The molecule has 3 nitrogen and oxygen atoms in total. The predicted molar refractivity (Wildman–Crippen MR) is 86.6 cm³/mol. The Balaban J connectivity index is 1.93. The second-order valence-electron chi connectivity index (χ2n) is 5.04. The maximum atomic E-state index is 11.4. The lowest BCUT2D eigenvalue weighted by Gasteiger charge is -2.19. The molecule has 1 atom stereocenters. The monoisotopic (exact) mass is 365 g/mol. The summed E-state index contributed by atoms with van der Waals surface area (Å²) in [6.45, 7) is 0. The van der Waals surface area contributed by atoms with E-state index in [1.54, 1.807) is 12.1 Å². The van der Waals surface area contributed by atoms with E-state index >= 15 is 0 Å². The highest BCUT2D eigenvalue weighted by Crippen LogP contribution is 2.31. The van der Waals surface area contributed by atoms with E-state index in [2.05, 4.69) is 21.2 Å². The Morgan fingerprint density at radius 2 is 1.86 bits per heavy atom. The first kappa shape index (κ1) is 14.6. The average Bonchev–Trinajstić information content (AvgIpc) is 2.49. The van der Waals surface area contributed by atoms with Crippen molar-refractivity contribution in [1.29, 1.82) is 0 Å². The highest BCUT2D eigenvalue weighted by Gasteiger charge is 2.18. The second-order valence-corrected chi connectivity index (χ2v) is 6.30. The van der Waals surface area contributed by atoms with Crippen LogP contribution in [0.1, 0.15) is 29.2 Å². The first-order chi connectivity index (χ1) is 10.0. The van der Waals surface area contributed by atoms with Crippen LogP contribution >= 0.6 is 27.5 Å². The van der Waals surface area contributed by atoms with Crippen molar-refractivity contribution in [3.05, 3.63) is 62.6 Å². The summed E-state index contributed by atoms with van der Waals surface area (Å²) in [7, 11) is 0. The number of nitrogens with one attached hydrogen (secondary N) is 1. The predicted octanol–water partition coefficient (Wildman–Crippen LogP) is 4.07. The number of halogens is 2. The normalized spacial score (nSPS) is 15.3. The molecule has 1 aliphatic heterocycles. The van der Waals surface area contributed by atoms with Crippen LogP contribution < -0.4 is 5.32 Å². The Labute approximate surface area is 136 Å². The molecule has 2 aromatic rings. The third-order valence-corrected chi connectivity index (χ3v) is 4.81. The third kappa shape index (κ3) is 2.98. The summed E-state index contributed by atoms with van der Waals surface area (Å²) in [5.74, 6) is 0.0393. The fourth-order valence-corrected chi connectivity index (χ4v) is 2.96. The van der Waals surface area contributed by atoms with Crippen molar-refractivity contribution in [3.63, 3.8) is 0 Å². The van der Waals surface area contributed by atoms with Crippen LogP contribution in [0.4, 0.5) is 5.69 Å². The third-order valence-electron chi connectivity index (χ3n) is 3.60. The van der Waals surface area contributed by atoms with Gasteiger partial charge in [0.1, 0.15) is 6.10 Å². The van der Waals surface area contributed by atoms with Crippen molar-refractivity contribution in [3.8, 4) is 0 Å². The zero-order valence-corrected chi connectivity index (χ0v) is 13.4. The van der Waals surface area contributed by atoms with Gasteiger partial charge in [-0.1, -0.05) is 29.8 Å². The van der Waals surface area contributed by atoms with Gasteiger partial charge in [-0.2, -0.15) is 0 Å². The average molecular weight is 367 g/mol. The van der Waals surface area contributed by atoms with Gasteiger partial charge in [0, 0.05) is 16.6 Å². The van der Waals surface area contributed by atoms with E-state index in [4.69, 9.17) is 11.6 Å². The summed E-state index contributed by atoms with van der Waals surface area (Å²) in [6, 6.07) is 11.0. The Morgan fingerprint density at radius 1 is 1.14 bits per heavy atom. The molecule has 0 saturated carbocycles. The SMILES string of the molecule is O=C1CCc2cc(C(O)c3ccc(Cl)c(Br)c3)ccc2N1. The summed E-state index contributed by atoms with van der Waals surface area (Å²) in [5.41, 5.74) is 3.46. The maximum Gasteiger partial charge on any atom is 0.224 e. The van der Waals surface area contributed by atoms with E-state index in [0.717, 1.165) is 26.9 Å². The number of benzene rings is 2. The number of carbonyl (C=O) groups is 1. The number of fused-ring (bicyclic) bond motifs is 1. The molecule has 3 rings (SSSR count). The van der Waals surface area contributed by atoms with Gasteiger partial charge in [-0.25, -0.2) is 0 Å². The van der Waals surface area contributed by atoms with Crippen LogP contribution in [0.3, 0.4) is 0 Å². The highest BCUT2D eigenvalue weighted by molar-refractivity contribution is 9.10. The van der Waals surface area contributed by atoms with Crippen LogP contribution in [-0.4, -0.2) is 11.0 Å². The number of aliphatic hydroxyl groups is 1. The fraction of sp³-hybridized carbons (Fsp3) is 0.188. The van der Waals surface area contributed by atoms with E-state index in [1.807, 2.05) is 24.3 Å². The minimum Gasteiger partial charge on any atom is -0.384 e. The van der Waals surface area contributed by atoms with Crippen molar-refractivity contribution in [2.45, 2.75) is 18.9 Å². The lowest BCUT2D eigenvalue weighted by atomic mass is 9.95. The summed E-state index contributed by atoms with van der Waals surface area (Å²) in [5, 5.41) is 14.0. The number of aliphatic hydroxyl groups excluding tert-OH is 1. The van der Waals surface area contributed by atoms with E-state index in [9.17, 15) is 9.90 Å². The molecule has 1 heterocycles. The molecule has 1 aliphatic rings. The van der Waals surface area contributed by atoms with Gasteiger partial charge in [0.25, 0.3) is 0 Å². The van der Waals surface area contributed by atoms with Crippen LogP contribution in [0.25, 0.3) is 0 Å². The smallest absolute Gasteiger partial charge is 0.224 e. The van der Waals surface area contributed by atoms with Gasteiger partial charge in [-0.15, -0.1) is 0 Å². The highest BCUT2D eigenvalue weighted by atomic mass is 79.9. The zero-order chi connectivity index (χ0) is 15.0. The van der Waals surface area contributed by atoms with E-state index < -0.39 is 6.10 Å². The maximum absolute atomic E-state index is 11.4.